The van der Waals surface area contributed by atoms with E-state index in [1.54, 1.807) is 12.1 Å². The molecule has 2 nitrogen and oxygen atoms in total. The lowest BCUT2D eigenvalue weighted by Gasteiger charge is -2.12. The smallest absolute Gasteiger partial charge is 0.142 e. The molecule has 0 heterocycles. The summed E-state index contributed by atoms with van der Waals surface area (Å²) in [7, 11) is 0. The van der Waals surface area contributed by atoms with Crippen molar-refractivity contribution in [3.8, 4) is 5.75 Å². The molecule has 0 aliphatic heterocycles. The molecule has 2 aromatic carbocycles. The van der Waals surface area contributed by atoms with E-state index in [-0.39, 0.29) is 5.82 Å². The van der Waals surface area contributed by atoms with Crippen molar-refractivity contribution in [1.29, 1.82) is 0 Å². The van der Waals surface area contributed by atoms with Crippen LogP contribution in [-0.2, 0) is 6.54 Å². The Kier molecular flexibility index (Phi) is 4.18. The lowest BCUT2D eigenvalue weighted by Crippen LogP contribution is -2.04. The summed E-state index contributed by atoms with van der Waals surface area (Å²) in [6.45, 7) is 2.99. The molecular formula is C15H16FNO. The van der Waals surface area contributed by atoms with Gasteiger partial charge in [-0.1, -0.05) is 30.3 Å². The number of hydrogen-bond donors (Lipinski definition) is 1. The van der Waals surface area contributed by atoms with Gasteiger partial charge in [-0.3, -0.25) is 0 Å². The van der Waals surface area contributed by atoms with Gasteiger partial charge >= 0.3 is 0 Å². The fourth-order valence-electron chi connectivity index (χ4n) is 1.73. The summed E-state index contributed by atoms with van der Waals surface area (Å²) in [5.74, 6) is 0.593. The minimum Gasteiger partial charge on any atom is -0.492 e. The average Bonchev–Trinajstić information content (AvgIpc) is 2.40. The summed E-state index contributed by atoms with van der Waals surface area (Å²) in [6, 6.07) is 14.4. The Morgan fingerprint density at radius 2 is 1.78 bits per heavy atom. The predicted molar refractivity (Wildman–Crippen MR) is 71.3 cm³/mol. The molecule has 3 heteroatoms. The van der Waals surface area contributed by atoms with E-state index in [9.17, 15) is 4.39 Å². The molecule has 2 rings (SSSR count). The largest absolute Gasteiger partial charge is 0.492 e. The van der Waals surface area contributed by atoms with Crippen molar-refractivity contribution in [2.45, 2.75) is 13.5 Å². The summed E-state index contributed by atoms with van der Waals surface area (Å²) >= 11 is 0. The van der Waals surface area contributed by atoms with E-state index in [4.69, 9.17) is 4.74 Å². The molecule has 0 spiro atoms. The first-order valence-electron chi connectivity index (χ1n) is 6.00. The highest BCUT2D eigenvalue weighted by atomic mass is 19.1. The Morgan fingerprint density at radius 1 is 1.06 bits per heavy atom. The van der Waals surface area contributed by atoms with Crippen LogP contribution in [0.25, 0.3) is 0 Å². The molecular weight excluding hydrogens is 229 g/mol. The first-order chi connectivity index (χ1) is 8.81. The van der Waals surface area contributed by atoms with Gasteiger partial charge in [-0.2, -0.15) is 0 Å². The first-order valence-corrected chi connectivity index (χ1v) is 6.00. The van der Waals surface area contributed by atoms with E-state index in [1.165, 1.54) is 6.07 Å². The van der Waals surface area contributed by atoms with E-state index >= 15 is 0 Å². The summed E-state index contributed by atoms with van der Waals surface area (Å²) < 4.78 is 19.0. The second-order valence-corrected chi connectivity index (χ2v) is 3.87. The van der Waals surface area contributed by atoms with Crippen LogP contribution in [0.2, 0.25) is 0 Å². The Morgan fingerprint density at radius 3 is 2.56 bits per heavy atom. The van der Waals surface area contributed by atoms with Gasteiger partial charge in [0.2, 0.25) is 0 Å². The number of anilines is 1. The second kappa shape index (κ2) is 6.05. The van der Waals surface area contributed by atoms with Crippen LogP contribution in [0, 0.1) is 5.82 Å². The highest BCUT2D eigenvalue weighted by Gasteiger charge is 2.04. The molecule has 0 aromatic heterocycles. The van der Waals surface area contributed by atoms with Crippen molar-refractivity contribution in [3.63, 3.8) is 0 Å². The van der Waals surface area contributed by atoms with Crippen LogP contribution < -0.4 is 10.1 Å². The van der Waals surface area contributed by atoms with Crippen molar-refractivity contribution in [2.24, 2.45) is 0 Å². The molecule has 0 atom stereocenters. The quantitative estimate of drug-likeness (QED) is 0.864. The van der Waals surface area contributed by atoms with Gasteiger partial charge in [0.05, 0.1) is 12.3 Å². The van der Waals surface area contributed by atoms with Crippen molar-refractivity contribution in [2.75, 3.05) is 11.9 Å². The summed E-state index contributed by atoms with van der Waals surface area (Å²) in [6.07, 6.45) is 0. The number of benzene rings is 2. The van der Waals surface area contributed by atoms with Crippen LogP contribution in [0.1, 0.15) is 12.5 Å². The molecule has 0 amide bonds. The first kappa shape index (κ1) is 12.4. The standard InChI is InChI=1S/C15H16FNO/c1-2-18-15-10-6-5-9-14(15)17-11-12-7-3-4-8-13(12)16/h3-10,17H,2,11H2,1H3. The molecule has 0 saturated heterocycles. The number of halogens is 1. The molecule has 1 N–H and O–H groups in total. The fourth-order valence-corrected chi connectivity index (χ4v) is 1.73. The number of nitrogens with one attached hydrogen (secondary N) is 1. The zero-order chi connectivity index (χ0) is 12.8. The van der Waals surface area contributed by atoms with E-state index in [0.29, 0.717) is 18.7 Å². The molecule has 18 heavy (non-hydrogen) atoms. The van der Waals surface area contributed by atoms with E-state index < -0.39 is 0 Å². The van der Waals surface area contributed by atoms with Gasteiger partial charge in [0, 0.05) is 12.1 Å². The maximum absolute atomic E-state index is 13.5. The topological polar surface area (TPSA) is 21.3 Å². The third kappa shape index (κ3) is 3.00. The molecule has 0 aliphatic rings. The van der Waals surface area contributed by atoms with Gasteiger partial charge in [-0.05, 0) is 25.1 Å². The molecule has 0 fully saturated rings. The van der Waals surface area contributed by atoms with Gasteiger partial charge in [0.15, 0.2) is 0 Å². The monoisotopic (exact) mass is 245 g/mol. The van der Waals surface area contributed by atoms with Gasteiger partial charge in [0.1, 0.15) is 11.6 Å². The van der Waals surface area contributed by atoms with Crippen LogP contribution in [0.5, 0.6) is 5.75 Å². The van der Waals surface area contributed by atoms with Crippen LogP contribution in [0.3, 0.4) is 0 Å². The summed E-state index contributed by atoms with van der Waals surface area (Å²) in [4.78, 5) is 0. The number of para-hydroxylation sites is 2. The van der Waals surface area contributed by atoms with Crippen molar-refractivity contribution >= 4 is 5.69 Å². The minimum atomic E-state index is -0.195. The molecule has 0 aliphatic carbocycles. The molecule has 0 bridgehead atoms. The molecule has 0 radical (unpaired) electrons. The average molecular weight is 245 g/mol. The maximum Gasteiger partial charge on any atom is 0.142 e. The molecule has 94 valence electrons. The van der Waals surface area contributed by atoms with Crippen molar-refractivity contribution in [3.05, 3.63) is 59.9 Å². The van der Waals surface area contributed by atoms with E-state index in [1.807, 2.05) is 37.3 Å². The molecule has 2 aromatic rings. The Bertz CT molecular complexity index is 513. The number of ether oxygens (including phenoxy) is 1. The zero-order valence-electron chi connectivity index (χ0n) is 10.3. The SMILES string of the molecule is CCOc1ccccc1NCc1ccccc1F. The third-order valence-electron chi connectivity index (χ3n) is 2.61. The van der Waals surface area contributed by atoms with Gasteiger partial charge in [-0.15, -0.1) is 0 Å². The Hall–Kier alpha value is -2.03. The van der Waals surface area contributed by atoms with E-state index in [0.717, 1.165) is 11.4 Å². The normalized spacial score (nSPS) is 10.1. The summed E-state index contributed by atoms with van der Waals surface area (Å²) in [5.41, 5.74) is 1.52. The van der Waals surface area contributed by atoms with Gasteiger partial charge < -0.3 is 10.1 Å². The van der Waals surface area contributed by atoms with Crippen LogP contribution in [0.4, 0.5) is 10.1 Å². The van der Waals surface area contributed by atoms with Crippen LogP contribution in [0.15, 0.2) is 48.5 Å². The van der Waals surface area contributed by atoms with Crippen molar-refractivity contribution in [1.82, 2.24) is 0 Å². The van der Waals surface area contributed by atoms with Gasteiger partial charge in [0.25, 0.3) is 0 Å². The second-order valence-electron chi connectivity index (χ2n) is 3.87. The predicted octanol–water partition coefficient (Wildman–Crippen LogP) is 3.84. The van der Waals surface area contributed by atoms with Crippen molar-refractivity contribution < 1.29 is 9.13 Å². The number of rotatable bonds is 5. The third-order valence-corrected chi connectivity index (χ3v) is 2.61. The van der Waals surface area contributed by atoms with Crippen LogP contribution >= 0.6 is 0 Å². The van der Waals surface area contributed by atoms with E-state index in [2.05, 4.69) is 5.32 Å². The highest BCUT2D eigenvalue weighted by molar-refractivity contribution is 5.56. The zero-order valence-corrected chi connectivity index (χ0v) is 10.3. The fraction of sp³-hybridized carbons (Fsp3) is 0.200. The lowest BCUT2D eigenvalue weighted by molar-refractivity contribution is 0.341. The van der Waals surface area contributed by atoms with Gasteiger partial charge in [-0.25, -0.2) is 4.39 Å². The Balaban J connectivity index is 2.08. The minimum absolute atomic E-state index is 0.195. The lowest BCUT2D eigenvalue weighted by atomic mass is 10.2. The molecule has 0 unspecified atom stereocenters. The maximum atomic E-state index is 13.5. The number of hydrogen-bond acceptors (Lipinski definition) is 2. The molecule has 0 saturated carbocycles. The summed E-state index contributed by atoms with van der Waals surface area (Å²) in [5, 5.41) is 3.19. The highest BCUT2D eigenvalue weighted by Crippen LogP contribution is 2.24. The Labute approximate surface area is 106 Å². The van der Waals surface area contributed by atoms with Crippen LogP contribution in [-0.4, -0.2) is 6.61 Å².